The van der Waals surface area contributed by atoms with E-state index < -0.39 is 0 Å². The van der Waals surface area contributed by atoms with Crippen LogP contribution >= 0.6 is 0 Å². The van der Waals surface area contributed by atoms with Crippen LogP contribution in [0.4, 0.5) is 0 Å². The third-order valence-corrected chi connectivity index (χ3v) is 4.36. The third kappa shape index (κ3) is 2.52. The van der Waals surface area contributed by atoms with E-state index in [1.807, 2.05) is 29.2 Å². The van der Waals surface area contributed by atoms with Crippen molar-refractivity contribution in [1.82, 2.24) is 4.90 Å². The molecule has 0 saturated carbocycles. The van der Waals surface area contributed by atoms with Crippen LogP contribution in [0.5, 0.6) is 5.75 Å². The van der Waals surface area contributed by atoms with Crippen LogP contribution in [0.15, 0.2) is 24.3 Å². The van der Waals surface area contributed by atoms with E-state index in [1.54, 1.807) is 7.11 Å². The summed E-state index contributed by atoms with van der Waals surface area (Å²) in [4.78, 5) is 14.4. The number of carbonyl (C=O) groups excluding carboxylic acids is 1. The summed E-state index contributed by atoms with van der Waals surface area (Å²) >= 11 is 0. The zero-order valence-electron chi connectivity index (χ0n) is 12.0. The zero-order valence-corrected chi connectivity index (χ0v) is 12.0. The van der Waals surface area contributed by atoms with Gasteiger partial charge in [0.15, 0.2) is 0 Å². The molecular formula is C16H21NO3. The molecule has 2 saturated heterocycles. The second kappa shape index (κ2) is 5.44. The Bertz CT molecular complexity index is 485. The summed E-state index contributed by atoms with van der Waals surface area (Å²) in [5.41, 5.74) is 0.718. The largest absolute Gasteiger partial charge is 0.497 e. The Labute approximate surface area is 119 Å². The number of ether oxygens (including phenoxy) is 2. The van der Waals surface area contributed by atoms with Gasteiger partial charge in [-0.1, -0.05) is 0 Å². The molecule has 2 fully saturated rings. The van der Waals surface area contributed by atoms with Crippen LogP contribution in [-0.4, -0.2) is 43.2 Å². The van der Waals surface area contributed by atoms with Crippen molar-refractivity contribution in [2.45, 2.75) is 32.0 Å². The van der Waals surface area contributed by atoms with Crippen LogP contribution in [0.3, 0.4) is 0 Å². The molecule has 1 amide bonds. The number of methoxy groups -OCH3 is 1. The summed E-state index contributed by atoms with van der Waals surface area (Å²) < 4.78 is 11.0. The lowest BCUT2D eigenvalue weighted by atomic mass is 9.92. The van der Waals surface area contributed by atoms with E-state index in [1.165, 1.54) is 0 Å². The first-order valence-corrected chi connectivity index (χ1v) is 7.26. The number of piperidine rings is 1. The predicted octanol–water partition coefficient (Wildman–Crippen LogP) is 2.33. The molecule has 1 aromatic carbocycles. The molecule has 20 heavy (non-hydrogen) atoms. The van der Waals surface area contributed by atoms with Gasteiger partial charge in [0.1, 0.15) is 5.75 Å². The van der Waals surface area contributed by atoms with Crippen LogP contribution in [0.1, 0.15) is 30.1 Å². The van der Waals surface area contributed by atoms with Crippen LogP contribution in [0.2, 0.25) is 0 Å². The Morgan fingerprint density at radius 1 is 1.35 bits per heavy atom. The van der Waals surface area contributed by atoms with Crippen molar-refractivity contribution in [2.24, 2.45) is 5.92 Å². The van der Waals surface area contributed by atoms with Gasteiger partial charge in [-0.05, 0) is 49.9 Å². The SMILES string of the molecule is COc1ccc(C(=O)N2CC[C@@H]3C[C@@H](C)O[C@H]3C2)cc1. The van der Waals surface area contributed by atoms with E-state index in [2.05, 4.69) is 6.92 Å². The average molecular weight is 275 g/mol. The monoisotopic (exact) mass is 275 g/mol. The molecule has 0 radical (unpaired) electrons. The van der Waals surface area contributed by atoms with Crippen molar-refractivity contribution in [2.75, 3.05) is 20.2 Å². The van der Waals surface area contributed by atoms with Crippen LogP contribution in [-0.2, 0) is 4.74 Å². The lowest BCUT2D eigenvalue weighted by Crippen LogP contribution is -2.45. The molecule has 4 nitrogen and oxygen atoms in total. The van der Waals surface area contributed by atoms with Gasteiger partial charge in [-0.2, -0.15) is 0 Å². The molecule has 0 aromatic heterocycles. The topological polar surface area (TPSA) is 38.8 Å². The van der Waals surface area contributed by atoms with E-state index in [4.69, 9.17) is 9.47 Å². The number of carbonyl (C=O) groups is 1. The lowest BCUT2D eigenvalue weighted by molar-refractivity contribution is 0.00156. The Kier molecular flexibility index (Phi) is 3.66. The molecule has 4 heteroatoms. The molecule has 2 aliphatic rings. The summed E-state index contributed by atoms with van der Waals surface area (Å²) in [6.07, 6.45) is 2.74. The first kappa shape index (κ1) is 13.4. The highest BCUT2D eigenvalue weighted by Gasteiger charge is 2.38. The standard InChI is InChI=1S/C16H21NO3/c1-11-9-13-7-8-17(10-15(13)20-11)16(18)12-3-5-14(19-2)6-4-12/h3-6,11,13,15H,7-10H2,1-2H3/t11-,13-,15+/m1/s1. The zero-order chi connectivity index (χ0) is 14.1. The summed E-state index contributed by atoms with van der Waals surface area (Å²) in [5.74, 6) is 1.49. The molecule has 3 atom stereocenters. The highest BCUT2D eigenvalue weighted by Crippen LogP contribution is 2.33. The molecule has 0 bridgehead atoms. The van der Waals surface area contributed by atoms with Crippen molar-refractivity contribution < 1.29 is 14.3 Å². The minimum absolute atomic E-state index is 0.0919. The van der Waals surface area contributed by atoms with Crippen molar-refractivity contribution >= 4 is 5.91 Å². The number of nitrogens with zero attached hydrogens (tertiary/aromatic N) is 1. The van der Waals surface area contributed by atoms with Crippen LogP contribution in [0, 0.1) is 5.92 Å². The van der Waals surface area contributed by atoms with Gasteiger partial charge in [0, 0.05) is 18.7 Å². The van der Waals surface area contributed by atoms with Gasteiger partial charge in [-0.3, -0.25) is 4.79 Å². The number of hydrogen-bond donors (Lipinski definition) is 0. The van der Waals surface area contributed by atoms with Gasteiger partial charge >= 0.3 is 0 Å². The number of amides is 1. The minimum atomic E-state index is 0.0919. The average Bonchev–Trinajstić information content (AvgIpc) is 2.85. The fraction of sp³-hybridized carbons (Fsp3) is 0.562. The Morgan fingerprint density at radius 2 is 2.10 bits per heavy atom. The number of fused-ring (bicyclic) bond motifs is 1. The van der Waals surface area contributed by atoms with Gasteiger partial charge in [-0.15, -0.1) is 0 Å². The highest BCUT2D eigenvalue weighted by molar-refractivity contribution is 5.94. The highest BCUT2D eigenvalue weighted by atomic mass is 16.5. The van der Waals surface area contributed by atoms with Crippen molar-refractivity contribution in [3.63, 3.8) is 0 Å². The van der Waals surface area contributed by atoms with Crippen molar-refractivity contribution in [3.05, 3.63) is 29.8 Å². The Morgan fingerprint density at radius 3 is 2.80 bits per heavy atom. The Hall–Kier alpha value is -1.55. The van der Waals surface area contributed by atoms with E-state index in [9.17, 15) is 4.79 Å². The number of benzene rings is 1. The van der Waals surface area contributed by atoms with E-state index in [0.29, 0.717) is 12.0 Å². The van der Waals surface area contributed by atoms with Crippen LogP contribution in [0.25, 0.3) is 0 Å². The number of likely N-dealkylation sites (tertiary alicyclic amines) is 1. The number of hydrogen-bond acceptors (Lipinski definition) is 3. The van der Waals surface area contributed by atoms with Crippen molar-refractivity contribution in [3.8, 4) is 5.75 Å². The summed E-state index contributed by atoms with van der Waals surface area (Å²) in [6, 6.07) is 7.30. The molecule has 3 rings (SSSR count). The van der Waals surface area contributed by atoms with E-state index in [-0.39, 0.29) is 12.0 Å². The molecule has 0 aliphatic carbocycles. The minimum Gasteiger partial charge on any atom is -0.497 e. The fourth-order valence-electron chi connectivity index (χ4n) is 3.27. The molecule has 108 valence electrons. The molecule has 2 aliphatic heterocycles. The molecular weight excluding hydrogens is 254 g/mol. The van der Waals surface area contributed by atoms with Gasteiger partial charge in [0.25, 0.3) is 5.91 Å². The summed E-state index contributed by atoms with van der Waals surface area (Å²) in [6.45, 7) is 3.68. The molecule has 0 N–H and O–H groups in total. The maximum Gasteiger partial charge on any atom is 0.253 e. The normalized spacial score (nSPS) is 29.1. The first-order chi connectivity index (χ1) is 9.67. The van der Waals surface area contributed by atoms with E-state index in [0.717, 1.165) is 37.2 Å². The first-order valence-electron chi connectivity index (χ1n) is 7.26. The molecule has 2 heterocycles. The third-order valence-electron chi connectivity index (χ3n) is 4.36. The van der Waals surface area contributed by atoms with Crippen molar-refractivity contribution in [1.29, 1.82) is 0 Å². The second-order valence-electron chi connectivity index (χ2n) is 5.75. The van der Waals surface area contributed by atoms with E-state index >= 15 is 0 Å². The fourth-order valence-corrected chi connectivity index (χ4v) is 3.27. The van der Waals surface area contributed by atoms with Gasteiger partial charge in [0.2, 0.25) is 0 Å². The predicted molar refractivity (Wildman–Crippen MR) is 76.0 cm³/mol. The molecule has 0 unspecified atom stereocenters. The summed E-state index contributed by atoms with van der Waals surface area (Å²) in [7, 11) is 1.63. The maximum absolute atomic E-state index is 12.5. The Balaban J connectivity index is 1.68. The molecule has 1 aromatic rings. The lowest BCUT2D eigenvalue weighted by Gasteiger charge is -2.34. The van der Waals surface area contributed by atoms with Gasteiger partial charge < -0.3 is 14.4 Å². The second-order valence-corrected chi connectivity index (χ2v) is 5.75. The maximum atomic E-state index is 12.5. The van der Waals surface area contributed by atoms with Crippen LogP contribution < -0.4 is 4.74 Å². The van der Waals surface area contributed by atoms with Gasteiger partial charge in [0.05, 0.1) is 19.3 Å². The van der Waals surface area contributed by atoms with Gasteiger partial charge in [-0.25, -0.2) is 0 Å². The quantitative estimate of drug-likeness (QED) is 0.831. The summed E-state index contributed by atoms with van der Waals surface area (Å²) in [5, 5.41) is 0. The number of rotatable bonds is 2. The smallest absolute Gasteiger partial charge is 0.253 e. The molecule has 0 spiro atoms.